The number of rotatable bonds is 1. The smallest absolute Gasteiger partial charge is 0.0791 e. The SMILES string of the molecule is ClC(Cl)(Cl)C=C(Br)c1ccccc1. The van der Waals surface area contributed by atoms with Crippen molar-refractivity contribution in [1.82, 2.24) is 0 Å². The minimum atomic E-state index is -1.37. The summed E-state index contributed by atoms with van der Waals surface area (Å²) in [5, 5.41) is 0. The Balaban J connectivity index is 2.92. The molecule has 0 bridgehead atoms. The summed E-state index contributed by atoms with van der Waals surface area (Å²) in [6.07, 6.45) is 1.52. The van der Waals surface area contributed by atoms with Crippen molar-refractivity contribution in [3.8, 4) is 0 Å². The van der Waals surface area contributed by atoms with Crippen LogP contribution in [-0.2, 0) is 0 Å². The van der Waals surface area contributed by atoms with Gasteiger partial charge in [0.2, 0.25) is 3.79 Å². The quantitative estimate of drug-likeness (QED) is 0.654. The molecule has 0 saturated heterocycles. The van der Waals surface area contributed by atoms with Crippen molar-refractivity contribution < 1.29 is 0 Å². The predicted octanol–water partition coefficient (Wildman–Crippen LogP) is 4.79. The Labute approximate surface area is 101 Å². The highest BCUT2D eigenvalue weighted by Gasteiger charge is 2.16. The van der Waals surface area contributed by atoms with Crippen LogP contribution in [-0.4, -0.2) is 3.79 Å². The molecule has 0 unspecified atom stereocenters. The Bertz CT molecular complexity index is 300. The molecular formula is C9H6BrCl3. The molecule has 0 aromatic heterocycles. The summed E-state index contributed by atoms with van der Waals surface area (Å²) < 4.78 is -0.595. The third-order valence-electron chi connectivity index (χ3n) is 1.34. The van der Waals surface area contributed by atoms with Crippen LogP contribution in [0.4, 0.5) is 0 Å². The Morgan fingerprint density at radius 2 is 1.69 bits per heavy atom. The van der Waals surface area contributed by atoms with Gasteiger partial charge >= 0.3 is 0 Å². The van der Waals surface area contributed by atoms with Crippen LogP contribution >= 0.6 is 50.7 Å². The Hall–Kier alpha value is 0.310. The molecule has 1 rings (SSSR count). The molecule has 0 amide bonds. The number of allylic oxidation sites excluding steroid dienone is 1. The summed E-state index contributed by atoms with van der Waals surface area (Å²) >= 11 is 20.1. The maximum absolute atomic E-state index is 5.60. The van der Waals surface area contributed by atoms with Crippen LogP contribution in [0.25, 0.3) is 4.48 Å². The first-order valence-electron chi connectivity index (χ1n) is 3.49. The molecule has 4 heteroatoms. The van der Waals surface area contributed by atoms with E-state index in [0.717, 1.165) is 10.0 Å². The molecule has 1 aromatic carbocycles. The van der Waals surface area contributed by atoms with Gasteiger partial charge in [0.25, 0.3) is 0 Å². The van der Waals surface area contributed by atoms with E-state index in [2.05, 4.69) is 15.9 Å². The number of benzene rings is 1. The van der Waals surface area contributed by atoms with Gasteiger partial charge in [-0.05, 0) is 11.6 Å². The zero-order chi connectivity index (χ0) is 9.90. The molecule has 0 aliphatic heterocycles. The van der Waals surface area contributed by atoms with Crippen molar-refractivity contribution >= 4 is 55.2 Å². The van der Waals surface area contributed by atoms with Crippen molar-refractivity contribution in [2.75, 3.05) is 0 Å². The maximum Gasteiger partial charge on any atom is 0.210 e. The fraction of sp³-hybridized carbons (Fsp3) is 0.111. The van der Waals surface area contributed by atoms with Crippen LogP contribution in [0.5, 0.6) is 0 Å². The first-order chi connectivity index (χ1) is 5.99. The molecule has 0 aliphatic carbocycles. The minimum absolute atomic E-state index is 0.771. The zero-order valence-electron chi connectivity index (χ0n) is 6.48. The van der Waals surface area contributed by atoms with Crippen LogP contribution in [0.3, 0.4) is 0 Å². The minimum Gasteiger partial charge on any atom is -0.0791 e. The third-order valence-corrected chi connectivity index (χ3v) is 2.35. The molecule has 0 fully saturated rings. The molecule has 1 aromatic rings. The number of hydrogen-bond acceptors (Lipinski definition) is 0. The van der Waals surface area contributed by atoms with Crippen LogP contribution in [0.1, 0.15) is 5.56 Å². The maximum atomic E-state index is 5.60. The van der Waals surface area contributed by atoms with E-state index in [-0.39, 0.29) is 0 Å². The molecule has 0 spiro atoms. The van der Waals surface area contributed by atoms with Crippen LogP contribution in [0.15, 0.2) is 36.4 Å². The number of hydrogen-bond donors (Lipinski definition) is 0. The number of halogens is 4. The lowest BCUT2D eigenvalue weighted by atomic mass is 10.2. The predicted molar refractivity (Wildman–Crippen MR) is 63.6 cm³/mol. The van der Waals surface area contributed by atoms with Crippen LogP contribution < -0.4 is 0 Å². The van der Waals surface area contributed by atoms with E-state index < -0.39 is 3.79 Å². The molecule has 0 radical (unpaired) electrons. The van der Waals surface area contributed by atoms with E-state index >= 15 is 0 Å². The fourth-order valence-corrected chi connectivity index (χ4v) is 2.15. The first kappa shape index (κ1) is 11.4. The monoisotopic (exact) mass is 298 g/mol. The van der Waals surface area contributed by atoms with Gasteiger partial charge in [0.1, 0.15) is 0 Å². The first-order valence-corrected chi connectivity index (χ1v) is 5.42. The van der Waals surface area contributed by atoms with Gasteiger partial charge in [-0.3, -0.25) is 0 Å². The molecule has 0 atom stereocenters. The summed E-state index contributed by atoms with van der Waals surface area (Å²) in [5.41, 5.74) is 0.980. The fourth-order valence-electron chi connectivity index (χ4n) is 0.824. The highest BCUT2D eigenvalue weighted by Crippen LogP contribution is 2.33. The molecule has 0 nitrogen and oxygen atoms in total. The summed E-state index contributed by atoms with van der Waals surface area (Å²) in [6, 6.07) is 9.62. The van der Waals surface area contributed by atoms with E-state index in [9.17, 15) is 0 Å². The second kappa shape index (κ2) is 4.70. The molecule has 0 saturated carbocycles. The summed E-state index contributed by atoms with van der Waals surface area (Å²) in [6.45, 7) is 0. The summed E-state index contributed by atoms with van der Waals surface area (Å²) in [7, 11) is 0. The van der Waals surface area contributed by atoms with Gasteiger partial charge in [0, 0.05) is 4.48 Å². The van der Waals surface area contributed by atoms with Crippen molar-refractivity contribution in [3.05, 3.63) is 42.0 Å². The normalized spacial score (nSPS) is 13.1. The average molecular weight is 300 g/mol. The Morgan fingerprint density at radius 1 is 1.15 bits per heavy atom. The topological polar surface area (TPSA) is 0 Å². The van der Waals surface area contributed by atoms with Gasteiger partial charge in [-0.1, -0.05) is 81.1 Å². The van der Waals surface area contributed by atoms with Crippen molar-refractivity contribution in [1.29, 1.82) is 0 Å². The van der Waals surface area contributed by atoms with E-state index in [0.29, 0.717) is 0 Å². The summed E-state index contributed by atoms with van der Waals surface area (Å²) in [5.74, 6) is 0. The van der Waals surface area contributed by atoms with E-state index in [1.54, 1.807) is 0 Å². The molecule has 0 heterocycles. The molecular weight excluding hydrogens is 294 g/mol. The molecule has 0 aliphatic rings. The molecule has 0 N–H and O–H groups in total. The van der Waals surface area contributed by atoms with E-state index in [4.69, 9.17) is 34.8 Å². The second-order valence-electron chi connectivity index (χ2n) is 2.40. The van der Waals surface area contributed by atoms with E-state index in [1.807, 2.05) is 30.3 Å². The van der Waals surface area contributed by atoms with Gasteiger partial charge in [-0.25, -0.2) is 0 Å². The van der Waals surface area contributed by atoms with Gasteiger partial charge in [0.05, 0.1) is 0 Å². The average Bonchev–Trinajstić information content (AvgIpc) is 2.03. The highest BCUT2D eigenvalue weighted by atomic mass is 79.9. The van der Waals surface area contributed by atoms with Gasteiger partial charge in [-0.15, -0.1) is 0 Å². The van der Waals surface area contributed by atoms with Crippen molar-refractivity contribution in [3.63, 3.8) is 0 Å². The Kier molecular flexibility index (Phi) is 4.11. The Morgan fingerprint density at radius 3 is 2.15 bits per heavy atom. The van der Waals surface area contributed by atoms with Gasteiger partial charge in [-0.2, -0.15) is 0 Å². The van der Waals surface area contributed by atoms with E-state index in [1.165, 1.54) is 6.08 Å². The number of alkyl halides is 3. The third kappa shape index (κ3) is 4.37. The van der Waals surface area contributed by atoms with Crippen LogP contribution in [0.2, 0.25) is 0 Å². The summed E-state index contributed by atoms with van der Waals surface area (Å²) in [4.78, 5) is 0. The largest absolute Gasteiger partial charge is 0.210 e. The molecule has 70 valence electrons. The standard InChI is InChI=1S/C9H6BrCl3/c10-8(6-9(11,12)13)7-4-2-1-3-5-7/h1-6H. The van der Waals surface area contributed by atoms with Crippen molar-refractivity contribution in [2.24, 2.45) is 0 Å². The van der Waals surface area contributed by atoms with Gasteiger partial charge < -0.3 is 0 Å². The highest BCUT2D eigenvalue weighted by molar-refractivity contribution is 9.15. The lowest BCUT2D eigenvalue weighted by molar-refractivity contribution is 1.47. The molecule has 13 heavy (non-hydrogen) atoms. The second-order valence-corrected chi connectivity index (χ2v) is 5.62. The van der Waals surface area contributed by atoms with Crippen molar-refractivity contribution in [2.45, 2.75) is 3.79 Å². The van der Waals surface area contributed by atoms with Crippen LogP contribution in [0, 0.1) is 0 Å². The zero-order valence-corrected chi connectivity index (χ0v) is 10.3. The van der Waals surface area contributed by atoms with Gasteiger partial charge in [0.15, 0.2) is 0 Å². The lowest BCUT2D eigenvalue weighted by Crippen LogP contribution is -1.95. The lowest BCUT2D eigenvalue weighted by Gasteiger charge is -2.05.